The molecule has 0 radical (unpaired) electrons. The van der Waals surface area contributed by atoms with Crippen molar-refractivity contribution in [2.75, 3.05) is 39.6 Å². The molecule has 0 aliphatic carbocycles. The van der Waals surface area contributed by atoms with Gasteiger partial charge in [0.15, 0.2) is 12.2 Å². The van der Waals surface area contributed by atoms with Crippen molar-refractivity contribution in [3.63, 3.8) is 0 Å². The molecule has 17 nitrogen and oxygen atoms in total. The van der Waals surface area contributed by atoms with Gasteiger partial charge in [-0.3, -0.25) is 37.3 Å². The van der Waals surface area contributed by atoms with E-state index >= 15 is 0 Å². The summed E-state index contributed by atoms with van der Waals surface area (Å²) >= 11 is 0. The average Bonchev–Trinajstić information content (AvgIpc) is 1.19. The Bertz CT molecular complexity index is 1900. The van der Waals surface area contributed by atoms with Crippen LogP contribution in [0, 0.1) is 23.7 Å². The summed E-state index contributed by atoms with van der Waals surface area (Å²) in [6.45, 7) is 14.2. The number of aliphatic hydroxyl groups is 1. The normalized spacial score (nSPS) is 14.4. The summed E-state index contributed by atoms with van der Waals surface area (Å²) in [5.41, 5.74) is 0. The molecule has 0 aromatic carbocycles. The number of hydrogen-bond acceptors (Lipinski definition) is 15. The number of unbranched alkanes of at least 4 members (excludes halogenated alkanes) is 40. The van der Waals surface area contributed by atoms with Crippen LogP contribution in [0.1, 0.15) is 396 Å². The predicted molar refractivity (Wildman–Crippen MR) is 395 cm³/mol. The lowest BCUT2D eigenvalue weighted by Crippen LogP contribution is -2.30. The van der Waals surface area contributed by atoms with Crippen molar-refractivity contribution in [3.05, 3.63) is 0 Å². The number of aliphatic hydroxyl groups excluding tert-OH is 1. The zero-order valence-electron chi connectivity index (χ0n) is 63.7. The summed E-state index contributed by atoms with van der Waals surface area (Å²) in [6.07, 6.45) is 52.8. The van der Waals surface area contributed by atoms with E-state index in [4.69, 9.17) is 37.0 Å². The number of ether oxygens (including phenoxy) is 4. The molecular formula is C78H152O17P2. The van der Waals surface area contributed by atoms with Gasteiger partial charge in [-0.2, -0.15) is 0 Å². The van der Waals surface area contributed by atoms with E-state index in [1.54, 1.807) is 0 Å². The van der Waals surface area contributed by atoms with Gasteiger partial charge in [-0.15, -0.1) is 0 Å². The second-order valence-electron chi connectivity index (χ2n) is 29.8. The molecule has 576 valence electrons. The third kappa shape index (κ3) is 70.9. The molecule has 0 fully saturated rings. The maximum Gasteiger partial charge on any atom is 0.472 e. The molecule has 4 unspecified atom stereocenters. The lowest BCUT2D eigenvalue weighted by molar-refractivity contribution is -0.161. The standard InChI is InChI=1S/C78H152O17P2/c1-9-71(8)57-49-41-33-27-28-36-45-53-61-78(83)95-73(64-88-75(80)58-50-42-34-25-21-17-14-13-16-20-24-31-39-47-55-69(4)5)66-92-96(84,85)90-62-72(79)63-91-97(86,87)93-67-74(65-89-76(81)59-51-43-37-29-32-40-48-56-70(6)7)94-77(82)60-52-44-35-26-22-18-12-10-11-15-19-23-30-38-46-54-68(2)3/h68-74,79H,9-67H2,1-8H3,(H,84,85)(H,86,87)/t71?,72?,73-,74-/m1/s1. The molecule has 0 aliphatic rings. The van der Waals surface area contributed by atoms with Crippen LogP contribution in [0.15, 0.2) is 0 Å². The first kappa shape index (κ1) is 95.1. The highest BCUT2D eigenvalue weighted by molar-refractivity contribution is 7.47. The lowest BCUT2D eigenvalue weighted by atomic mass is 9.99. The molecule has 0 saturated heterocycles. The minimum Gasteiger partial charge on any atom is -0.462 e. The van der Waals surface area contributed by atoms with E-state index in [1.165, 1.54) is 193 Å². The van der Waals surface area contributed by atoms with Crippen LogP contribution in [0.3, 0.4) is 0 Å². The highest BCUT2D eigenvalue weighted by atomic mass is 31.2. The van der Waals surface area contributed by atoms with E-state index in [1.807, 2.05) is 0 Å². The molecule has 6 atom stereocenters. The van der Waals surface area contributed by atoms with Crippen molar-refractivity contribution >= 4 is 39.5 Å². The largest absolute Gasteiger partial charge is 0.472 e. The van der Waals surface area contributed by atoms with E-state index in [0.29, 0.717) is 31.6 Å². The van der Waals surface area contributed by atoms with Gasteiger partial charge in [0.1, 0.15) is 19.3 Å². The van der Waals surface area contributed by atoms with Crippen molar-refractivity contribution in [3.8, 4) is 0 Å². The van der Waals surface area contributed by atoms with Crippen LogP contribution in [0.2, 0.25) is 0 Å². The molecule has 0 heterocycles. The summed E-state index contributed by atoms with van der Waals surface area (Å²) in [7, 11) is -9.92. The highest BCUT2D eigenvalue weighted by Gasteiger charge is 2.30. The summed E-state index contributed by atoms with van der Waals surface area (Å²) in [5, 5.41) is 10.6. The fourth-order valence-electron chi connectivity index (χ4n) is 11.9. The second kappa shape index (κ2) is 67.2. The fraction of sp³-hybridized carbons (Fsp3) is 0.949. The quantitative estimate of drug-likeness (QED) is 0.0222. The molecule has 0 bridgehead atoms. The molecule has 0 spiro atoms. The van der Waals surface area contributed by atoms with Crippen LogP contribution in [0.4, 0.5) is 0 Å². The monoisotopic (exact) mass is 1420 g/mol. The summed E-state index contributed by atoms with van der Waals surface area (Å²) in [5.74, 6) is 0.956. The minimum absolute atomic E-state index is 0.105. The first-order chi connectivity index (χ1) is 46.6. The van der Waals surface area contributed by atoms with Gasteiger partial charge in [0, 0.05) is 25.7 Å². The van der Waals surface area contributed by atoms with Crippen LogP contribution >= 0.6 is 15.6 Å². The van der Waals surface area contributed by atoms with E-state index in [9.17, 15) is 43.2 Å². The lowest BCUT2D eigenvalue weighted by Gasteiger charge is -2.21. The van der Waals surface area contributed by atoms with Crippen LogP contribution in [-0.4, -0.2) is 96.7 Å². The van der Waals surface area contributed by atoms with Gasteiger partial charge >= 0.3 is 39.5 Å². The number of carbonyl (C=O) groups is 4. The van der Waals surface area contributed by atoms with Crippen molar-refractivity contribution < 1.29 is 80.2 Å². The Kier molecular flexibility index (Phi) is 65.9. The number of esters is 4. The Balaban J connectivity index is 5.22. The van der Waals surface area contributed by atoms with E-state index in [2.05, 4.69) is 55.4 Å². The SMILES string of the molecule is CCC(C)CCCCCCCCCCC(=O)O[C@H](COC(=O)CCCCCCCCCCCCCCCCC(C)C)COP(=O)(O)OCC(O)COP(=O)(O)OC[C@@H](COC(=O)CCCCCCCCCC(C)C)OC(=O)CCCCCCCCCCCCCCCCCC(C)C. The Morgan fingerprint density at radius 3 is 0.732 bits per heavy atom. The topological polar surface area (TPSA) is 237 Å². The summed E-state index contributed by atoms with van der Waals surface area (Å²) < 4.78 is 68.6. The molecular weight excluding hydrogens is 1270 g/mol. The van der Waals surface area contributed by atoms with E-state index in [-0.39, 0.29) is 25.7 Å². The smallest absolute Gasteiger partial charge is 0.462 e. The molecule has 97 heavy (non-hydrogen) atoms. The van der Waals surface area contributed by atoms with Gasteiger partial charge in [0.25, 0.3) is 0 Å². The highest BCUT2D eigenvalue weighted by Crippen LogP contribution is 2.45. The average molecular weight is 1420 g/mol. The molecule has 0 amide bonds. The van der Waals surface area contributed by atoms with Gasteiger partial charge in [-0.25, -0.2) is 9.13 Å². The molecule has 19 heteroatoms. The van der Waals surface area contributed by atoms with Crippen LogP contribution in [0.25, 0.3) is 0 Å². The second-order valence-corrected chi connectivity index (χ2v) is 32.7. The van der Waals surface area contributed by atoms with Crippen LogP contribution in [-0.2, 0) is 65.4 Å². The zero-order chi connectivity index (χ0) is 71.7. The summed E-state index contributed by atoms with van der Waals surface area (Å²) in [4.78, 5) is 72.9. The van der Waals surface area contributed by atoms with E-state index in [0.717, 1.165) is 114 Å². The Morgan fingerprint density at radius 1 is 0.289 bits per heavy atom. The van der Waals surface area contributed by atoms with Crippen molar-refractivity contribution in [2.45, 2.75) is 414 Å². The van der Waals surface area contributed by atoms with Crippen molar-refractivity contribution in [1.82, 2.24) is 0 Å². The molecule has 0 aliphatic heterocycles. The molecule has 3 N–H and O–H groups in total. The molecule has 0 aromatic heterocycles. The van der Waals surface area contributed by atoms with Gasteiger partial charge in [0.2, 0.25) is 0 Å². The number of phosphoric ester groups is 2. The molecule has 0 aromatic rings. The van der Waals surface area contributed by atoms with Crippen LogP contribution in [0.5, 0.6) is 0 Å². The predicted octanol–water partition coefficient (Wildman–Crippen LogP) is 22.8. The third-order valence-electron chi connectivity index (χ3n) is 18.4. The first-order valence-electron chi connectivity index (χ1n) is 40.2. The molecule has 0 rings (SSSR count). The van der Waals surface area contributed by atoms with Gasteiger partial charge in [-0.1, -0.05) is 344 Å². The van der Waals surface area contributed by atoms with E-state index < -0.39 is 97.5 Å². The first-order valence-corrected chi connectivity index (χ1v) is 43.2. The fourth-order valence-corrected chi connectivity index (χ4v) is 13.5. The van der Waals surface area contributed by atoms with Crippen LogP contribution < -0.4 is 0 Å². The molecule has 0 saturated carbocycles. The Labute approximate surface area is 594 Å². The maximum absolute atomic E-state index is 13.1. The third-order valence-corrected chi connectivity index (χ3v) is 20.3. The Morgan fingerprint density at radius 2 is 0.495 bits per heavy atom. The summed E-state index contributed by atoms with van der Waals surface area (Å²) in [6, 6.07) is 0. The van der Waals surface area contributed by atoms with Crippen molar-refractivity contribution in [1.29, 1.82) is 0 Å². The number of rotatable bonds is 75. The van der Waals surface area contributed by atoms with Crippen molar-refractivity contribution in [2.24, 2.45) is 23.7 Å². The minimum atomic E-state index is -4.96. The van der Waals surface area contributed by atoms with Gasteiger partial charge < -0.3 is 33.8 Å². The van der Waals surface area contributed by atoms with Gasteiger partial charge in [-0.05, 0) is 49.4 Å². The maximum atomic E-state index is 13.1. The number of carbonyl (C=O) groups excluding carboxylic acids is 4. The number of phosphoric acid groups is 2. The number of hydrogen-bond donors (Lipinski definition) is 3. The Hall–Kier alpha value is -1.94. The van der Waals surface area contributed by atoms with Gasteiger partial charge in [0.05, 0.1) is 26.4 Å². The zero-order valence-corrected chi connectivity index (χ0v) is 65.5.